The van der Waals surface area contributed by atoms with Gasteiger partial charge in [0.25, 0.3) is 0 Å². The highest BCUT2D eigenvalue weighted by molar-refractivity contribution is 5.68. The molecule has 2 rings (SSSR count). The maximum absolute atomic E-state index is 10.5. The molecule has 3 heteroatoms. The normalized spacial score (nSPS) is 29.2. The Bertz CT molecular complexity index is 427. The van der Waals surface area contributed by atoms with Gasteiger partial charge in [0.05, 0.1) is 18.6 Å². The minimum atomic E-state index is -0.753. The van der Waals surface area contributed by atoms with Crippen LogP contribution >= 0.6 is 0 Å². The highest BCUT2D eigenvalue weighted by Gasteiger charge is 2.46. The van der Waals surface area contributed by atoms with Crippen LogP contribution < -0.4 is 0 Å². The number of fused-ring (bicyclic) bond motifs is 2. The van der Waals surface area contributed by atoms with E-state index in [4.69, 9.17) is 9.84 Å². The van der Waals surface area contributed by atoms with E-state index in [-0.39, 0.29) is 6.42 Å². The Morgan fingerprint density at radius 2 is 1.83 bits per heavy atom. The molecule has 2 aliphatic heterocycles. The summed E-state index contributed by atoms with van der Waals surface area (Å²) >= 11 is 0. The van der Waals surface area contributed by atoms with Crippen LogP contribution in [-0.4, -0.2) is 23.3 Å². The Balaban J connectivity index is 1.70. The molecular formula is C21H34O3. The van der Waals surface area contributed by atoms with Crippen LogP contribution in [0.3, 0.4) is 0 Å². The molecule has 0 aliphatic carbocycles. The van der Waals surface area contributed by atoms with Crippen LogP contribution in [0, 0.1) is 11.8 Å². The summed E-state index contributed by atoms with van der Waals surface area (Å²) in [6.45, 7) is 2.25. The number of hydrogen-bond acceptors (Lipinski definition) is 2. The Morgan fingerprint density at radius 1 is 1.04 bits per heavy atom. The van der Waals surface area contributed by atoms with Gasteiger partial charge in [-0.1, -0.05) is 50.5 Å². The average molecular weight is 335 g/mol. The number of rotatable bonds is 12. The standard InChI is InChI=1S/C21H34O3/c1-2-3-4-5-6-9-12-17-18(20-16-15-19(17)24-20)13-10-7-8-11-14-21(22)23/h8-9,11-12,17-20H,2-7,10,13-16H2,1H3,(H,22,23)/b11-8-,12-9+/t17-,18+,19-,20+/m1/s1. The molecule has 0 aromatic heterocycles. The van der Waals surface area contributed by atoms with Crippen molar-refractivity contribution < 1.29 is 14.6 Å². The number of aliphatic carboxylic acids is 1. The zero-order valence-electron chi connectivity index (χ0n) is 15.2. The first-order valence-electron chi connectivity index (χ1n) is 9.91. The van der Waals surface area contributed by atoms with Gasteiger partial charge in [0, 0.05) is 5.92 Å². The van der Waals surface area contributed by atoms with Crippen molar-refractivity contribution in [1.82, 2.24) is 0 Å². The molecule has 2 fully saturated rings. The van der Waals surface area contributed by atoms with Gasteiger partial charge in [-0.3, -0.25) is 4.79 Å². The van der Waals surface area contributed by atoms with Crippen molar-refractivity contribution in [2.45, 2.75) is 89.8 Å². The van der Waals surface area contributed by atoms with Crippen LogP contribution in [0.25, 0.3) is 0 Å². The van der Waals surface area contributed by atoms with Gasteiger partial charge in [-0.15, -0.1) is 0 Å². The van der Waals surface area contributed by atoms with Gasteiger partial charge < -0.3 is 9.84 Å². The molecule has 4 atom stereocenters. The molecule has 0 amide bonds. The van der Waals surface area contributed by atoms with Gasteiger partial charge in [0.15, 0.2) is 0 Å². The monoisotopic (exact) mass is 334 g/mol. The maximum atomic E-state index is 10.5. The molecule has 0 unspecified atom stereocenters. The minimum absolute atomic E-state index is 0.140. The second-order valence-corrected chi connectivity index (χ2v) is 7.31. The van der Waals surface area contributed by atoms with Crippen molar-refractivity contribution >= 4 is 5.97 Å². The van der Waals surface area contributed by atoms with E-state index >= 15 is 0 Å². The van der Waals surface area contributed by atoms with Crippen LogP contribution in [0.4, 0.5) is 0 Å². The van der Waals surface area contributed by atoms with Gasteiger partial charge in [0.2, 0.25) is 0 Å². The molecule has 0 aromatic carbocycles. The molecule has 2 aliphatic rings. The zero-order valence-corrected chi connectivity index (χ0v) is 15.2. The molecule has 0 saturated carbocycles. The van der Waals surface area contributed by atoms with E-state index in [1.165, 1.54) is 51.4 Å². The van der Waals surface area contributed by atoms with E-state index in [0.29, 0.717) is 24.0 Å². The topological polar surface area (TPSA) is 46.5 Å². The van der Waals surface area contributed by atoms with Crippen molar-refractivity contribution in [2.75, 3.05) is 0 Å². The first kappa shape index (κ1) is 19.2. The lowest BCUT2D eigenvalue weighted by atomic mass is 9.76. The van der Waals surface area contributed by atoms with E-state index in [2.05, 4.69) is 19.1 Å². The molecule has 0 aromatic rings. The summed E-state index contributed by atoms with van der Waals surface area (Å²) in [5.41, 5.74) is 0. The summed E-state index contributed by atoms with van der Waals surface area (Å²) in [4.78, 5) is 10.5. The Kier molecular flexibility index (Phi) is 8.58. The summed E-state index contributed by atoms with van der Waals surface area (Å²) < 4.78 is 6.16. The van der Waals surface area contributed by atoms with Crippen LogP contribution in [0.1, 0.15) is 77.6 Å². The van der Waals surface area contributed by atoms with Crippen molar-refractivity contribution in [3.05, 3.63) is 24.3 Å². The maximum Gasteiger partial charge on any atom is 0.307 e. The predicted molar refractivity (Wildman–Crippen MR) is 98.0 cm³/mol. The lowest BCUT2D eigenvalue weighted by Crippen LogP contribution is -2.25. The van der Waals surface area contributed by atoms with Crippen LogP contribution in [-0.2, 0) is 9.53 Å². The van der Waals surface area contributed by atoms with Crippen LogP contribution in [0.15, 0.2) is 24.3 Å². The Hall–Kier alpha value is -1.09. The molecule has 24 heavy (non-hydrogen) atoms. The number of carboxylic acids is 1. The van der Waals surface area contributed by atoms with Crippen molar-refractivity contribution in [1.29, 1.82) is 0 Å². The summed E-state index contributed by atoms with van der Waals surface area (Å²) in [6.07, 6.45) is 22.0. The quantitative estimate of drug-likeness (QED) is 0.378. The molecular weight excluding hydrogens is 300 g/mol. The molecule has 0 radical (unpaired) electrons. The van der Waals surface area contributed by atoms with Crippen molar-refractivity contribution in [3.63, 3.8) is 0 Å². The number of allylic oxidation sites excluding steroid dienone is 2. The predicted octanol–water partition coefficient (Wildman–Crippen LogP) is 5.51. The van der Waals surface area contributed by atoms with Crippen LogP contribution in [0.5, 0.6) is 0 Å². The van der Waals surface area contributed by atoms with E-state index in [1.54, 1.807) is 6.08 Å². The van der Waals surface area contributed by atoms with Gasteiger partial charge in [0.1, 0.15) is 0 Å². The zero-order chi connectivity index (χ0) is 17.2. The number of carboxylic acid groups (broad SMARTS) is 1. The average Bonchev–Trinajstić information content (AvgIpc) is 3.15. The largest absolute Gasteiger partial charge is 0.481 e. The minimum Gasteiger partial charge on any atom is -0.481 e. The second kappa shape index (κ2) is 10.7. The molecule has 136 valence electrons. The van der Waals surface area contributed by atoms with Crippen LogP contribution in [0.2, 0.25) is 0 Å². The first-order valence-corrected chi connectivity index (χ1v) is 9.91. The molecule has 3 nitrogen and oxygen atoms in total. The van der Waals surface area contributed by atoms with Gasteiger partial charge in [-0.05, 0) is 50.9 Å². The molecule has 0 spiro atoms. The second-order valence-electron chi connectivity index (χ2n) is 7.31. The van der Waals surface area contributed by atoms with E-state index in [1.807, 2.05) is 6.08 Å². The van der Waals surface area contributed by atoms with Gasteiger partial charge in [-0.25, -0.2) is 0 Å². The van der Waals surface area contributed by atoms with E-state index in [0.717, 1.165) is 12.8 Å². The van der Waals surface area contributed by atoms with E-state index < -0.39 is 5.97 Å². The first-order chi connectivity index (χ1) is 11.7. The third-order valence-corrected chi connectivity index (χ3v) is 5.44. The lowest BCUT2D eigenvalue weighted by Gasteiger charge is -2.25. The highest BCUT2D eigenvalue weighted by atomic mass is 16.5. The number of ether oxygens (including phenoxy) is 1. The van der Waals surface area contributed by atoms with Gasteiger partial charge >= 0.3 is 5.97 Å². The molecule has 2 heterocycles. The van der Waals surface area contributed by atoms with Gasteiger partial charge in [-0.2, -0.15) is 0 Å². The smallest absolute Gasteiger partial charge is 0.307 e. The fraction of sp³-hybridized carbons (Fsp3) is 0.762. The molecule has 2 saturated heterocycles. The summed E-state index contributed by atoms with van der Waals surface area (Å²) in [6, 6.07) is 0. The molecule has 2 bridgehead atoms. The van der Waals surface area contributed by atoms with E-state index in [9.17, 15) is 4.79 Å². The lowest BCUT2D eigenvalue weighted by molar-refractivity contribution is -0.136. The SMILES string of the molecule is CCCCCC/C=C/[C@@H]1[C@H](CCC/C=C\CC(=O)O)[C@@H]2CC[C@H]1O2. The van der Waals surface area contributed by atoms with Crippen molar-refractivity contribution in [2.24, 2.45) is 11.8 Å². The number of carbonyl (C=O) groups is 1. The summed E-state index contributed by atoms with van der Waals surface area (Å²) in [5.74, 6) is 0.526. The molecule has 1 N–H and O–H groups in total. The summed E-state index contributed by atoms with van der Waals surface area (Å²) in [7, 11) is 0. The van der Waals surface area contributed by atoms with Crippen molar-refractivity contribution in [3.8, 4) is 0 Å². The Morgan fingerprint density at radius 3 is 2.62 bits per heavy atom. The fourth-order valence-electron chi connectivity index (χ4n) is 4.17. The number of hydrogen-bond donors (Lipinski definition) is 1. The summed E-state index contributed by atoms with van der Waals surface area (Å²) in [5, 5.41) is 8.62. The third-order valence-electron chi connectivity index (χ3n) is 5.44. The fourth-order valence-corrected chi connectivity index (χ4v) is 4.17. The Labute approximate surface area is 147 Å². The number of unbranched alkanes of at least 4 members (excludes halogenated alkanes) is 5. The third kappa shape index (κ3) is 6.08. The highest BCUT2D eigenvalue weighted by Crippen LogP contribution is 2.46.